The van der Waals surface area contributed by atoms with E-state index in [4.69, 9.17) is 10.2 Å². The van der Waals surface area contributed by atoms with Gasteiger partial charge in [-0.25, -0.2) is 0 Å². The van der Waals surface area contributed by atoms with Crippen LogP contribution in [-0.2, 0) is 7.05 Å². The second-order valence-corrected chi connectivity index (χ2v) is 3.60. The van der Waals surface area contributed by atoms with E-state index >= 15 is 0 Å². The molecule has 0 saturated carbocycles. The molecule has 1 unspecified atom stereocenters. The first kappa shape index (κ1) is 10.6. The lowest BCUT2D eigenvalue weighted by molar-refractivity contribution is 0.473. The summed E-state index contributed by atoms with van der Waals surface area (Å²) in [6.07, 6.45) is 1.65. The molecule has 2 rings (SSSR count). The minimum atomic E-state index is -0.312. The molecule has 1 atom stereocenters. The molecule has 0 aliphatic rings. The summed E-state index contributed by atoms with van der Waals surface area (Å²) in [5.41, 5.74) is 6.07. The molecule has 0 aromatic carbocycles. The van der Waals surface area contributed by atoms with Crippen LogP contribution in [0.15, 0.2) is 27.5 Å². The van der Waals surface area contributed by atoms with E-state index in [1.54, 1.807) is 26.2 Å². The summed E-state index contributed by atoms with van der Waals surface area (Å²) in [6.45, 7) is 1.75. The minimum Gasteiger partial charge on any atom is -0.419 e. The van der Waals surface area contributed by atoms with Crippen LogP contribution in [0.1, 0.15) is 18.9 Å². The van der Waals surface area contributed by atoms with Gasteiger partial charge in [0.15, 0.2) is 0 Å². The second-order valence-electron chi connectivity index (χ2n) is 3.60. The van der Waals surface area contributed by atoms with Gasteiger partial charge in [-0.2, -0.15) is 0 Å². The molecule has 16 heavy (non-hydrogen) atoms. The first-order valence-corrected chi connectivity index (χ1v) is 4.84. The zero-order valence-corrected chi connectivity index (χ0v) is 9.04. The van der Waals surface area contributed by atoms with Crippen molar-refractivity contribution in [3.8, 4) is 11.5 Å². The zero-order valence-electron chi connectivity index (χ0n) is 9.04. The maximum absolute atomic E-state index is 11.4. The summed E-state index contributed by atoms with van der Waals surface area (Å²) >= 11 is 0. The topological polar surface area (TPSA) is 86.9 Å². The fourth-order valence-electron chi connectivity index (χ4n) is 1.22. The van der Waals surface area contributed by atoms with Gasteiger partial charge >= 0.3 is 0 Å². The van der Waals surface area contributed by atoms with Crippen molar-refractivity contribution < 1.29 is 4.42 Å². The smallest absolute Gasteiger partial charge is 0.251 e. The third kappa shape index (κ3) is 1.87. The van der Waals surface area contributed by atoms with Gasteiger partial charge in [-0.3, -0.25) is 4.79 Å². The van der Waals surface area contributed by atoms with Crippen LogP contribution in [0.2, 0.25) is 0 Å². The SMILES string of the molecule is CC(N)c1nnc(-c2ccn(C)c(=O)c2)o1. The lowest BCUT2D eigenvalue weighted by atomic mass is 10.3. The van der Waals surface area contributed by atoms with Crippen molar-refractivity contribution >= 4 is 0 Å². The largest absolute Gasteiger partial charge is 0.419 e. The second kappa shape index (κ2) is 3.90. The van der Waals surface area contributed by atoms with Gasteiger partial charge in [0, 0.05) is 24.9 Å². The van der Waals surface area contributed by atoms with Crippen molar-refractivity contribution in [3.05, 3.63) is 34.6 Å². The molecule has 0 radical (unpaired) electrons. The van der Waals surface area contributed by atoms with Crippen LogP contribution in [0.5, 0.6) is 0 Å². The van der Waals surface area contributed by atoms with Crippen LogP contribution in [-0.4, -0.2) is 14.8 Å². The molecule has 2 N–H and O–H groups in total. The molecule has 0 aliphatic carbocycles. The number of hydrogen-bond donors (Lipinski definition) is 1. The highest BCUT2D eigenvalue weighted by molar-refractivity contribution is 5.50. The maximum atomic E-state index is 11.4. The normalized spacial score (nSPS) is 12.7. The molecule has 0 fully saturated rings. The molecular weight excluding hydrogens is 208 g/mol. The number of nitrogens with two attached hydrogens (primary N) is 1. The Hall–Kier alpha value is -1.95. The van der Waals surface area contributed by atoms with E-state index in [0.29, 0.717) is 17.3 Å². The average Bonchev–Trinajstić information content (AvgIpc) is 2.71. The average molecular weight is 220 g/mol. The highest BCUT2D eigenvalue weighted by Crippen LogP contribution is 2.17. The summed E-state index contributed by atoms with van der Waals surface area (Å²) in [7, 11) is 1.67. The highest BCUT2D eigenvalue weighted by atomic mass is 16.4. The Kier molecular flexibility index (Phi) is 2.57. The molecule has 2 aromatic heterocycles. The highest BCUT2D eigenvalue weighted by Gasteiger charge is 2.11. The molecule has 2 heterocycles. The van der Waals surface area contributed by atoms with Gasteiger partial charge in [0.2, 0.25) is 11.8 Å². The van der Waals surface area contributed by atoms with Crippen LogP contribution >= 0.6 is 0 Å². The summed E-state index contributed by atoms with van der Waals surface area (Å²) in [6, 6.07) is 2.87. The number of aromatic nitrogens is 3. The van der Waals surface area contributed by atoms with Gasteiger partial charge in [0.25, 0.3) is 5.56 Å². The summed E-state index contributed by atoms with van der Waals surface area (Å²) in [5.74, 6) is 0.667. The number of nitrogens with zero attached hydrogens (tertiary/aromatic N) is 3. The van der Waals surface area contributed by atoms with Gasteiger partial charge in [0.1, 0.15) is 0 Å². The molecule has 6 heteroatoms. The van der Waals surface area contributed by atoms with Crippen LogP contribution in [0.3, 0.4) is 0 Å². The van der Waals surface area contributed by atoms with Crippen LogP contribution < -0.4 is 11.3 Å². The number of rotatable bonds is 2. The van der Waals surface area contributed by atoms with Crippen molar-refractivity contribution in [2.45, 2.75) is 13.0 Å². The third-order valence-electron chi connectivity index (χ3n) is 2.18. The maximum Gasteiger partial charge on any atom is 0.251 e. The van der Waals surface area contributed by atoms with Gasteiger partial charge < -0.3 is 14.7 Å². The predicted molar refractivity (Wildman–Crippen MR) is 57.6 cm³/mol. The standard InChI is InChI=1S/C10H12N4O2/c1-6(11)9-12-13-10(16-9)7-3-4-14(2)8(15)5-7/h3-6H,11H2,1-2H3. The molecule has 0 saturated heterocycles. The Bertz CT molecular complexity index is 556. The number of pyridine rings is 1. The van der Waals surface area contributed by atoms with E-state index in [0.717, 1.165) is 0 Å². The Balaban J connectivity index is 2.43. The predicted octanol–water partition coefficient (Wildman–Crippen LogP) is 0.455. The van der Waals surface area contributed by atoms with Crippen molar-refractivity contribution in [3.63, 3.8) is 0 Å². The van der Waals surface area contributed by atoms with E-state index in [1.165, 1.54) is 10.6 Å². The van der Waals surface area contributed by atoms with E-state index < -0.39 is 0 Å². The van der Waals surface area contributed by atoms with Gasteiger partial charge in [-0.1, -0.05) is 0 Å². The number of hydrogen-bond acceptors (Lipinski definition) is 5. The van der Waals surface area contributed by atoms with Crippen molar-refractivity contribution in [1.82, 2.24) is 14.8 Å². The zero-order chi connectivity index (χ0) is 11.7. The summed E-state index contributed by atoms with van der Waals surface area (Å²) in [5, 5.41) is 7.63. The summed E-state index contributed by atoms with van der Waals surface area (Å²) in [4.78, 5) is 11.4. The Morgan fingerprint density at radius 1 is 1.50 bits per heavy atom. The van der Waals surface area contributed by atoms with E-state index in [-0.39, 0.29) is 11.6 Å². The lowest BCUT2D eigenvalue weighted by Crippen LogP contribution is -2.14. The lowest BCUT2D eigenvalue weighted by Gasteiger charge is -1.98. The summed E-state index contributed by atoms with van der Waals surface area (Å²) < 4.78 is 6.80. The van der Waals surface area contributed by atoms with Crippen LogP contribution in [0, 0.1) is 0 Å². The monoisotopic (exact) mass is 220 g/mol. The van der Waals surface area contributed by atoms with Crippen LogP contribution in [0.4, 0.5) is 0 Å². The van der Waals surface area contributed by atoms with E-state index in [2.05, 4.69) is 10.2 Å². The molecule has 0 amide bonds. The Morgan fingerprint density at radius 3 is 2.81 bits per heavy atom. The van der Waals surface area contributed by atoms with Gasteiger partial charge in [-0.05, 0) is 13.0 Å². The first-order valence-electron chi connectivity index (χ1n) is 4.84. The molecule has 6 nitrogen and oxygen atoms in total. The molecular formula is C10H12N4O2. The number of aryl methyl sites for hydroxylation is 1. The fraction of sp³-hybridized carbons (Fsp3) is 0.300. The van der Waals surface area contributed by atoms with Gasteiger partial charge in [-0.15, -0.1) is 10.2 Å². The minimum absolute atomic E-state index is 0.127. The first-order chi connectivity index (χ1) is 7.58. The van der Waals surface area contributed by atoms with Crippen molar-refractivity contribution in [2.75, 3.05) is 0 Å². The Morgan fingerprint density at radius 2 is 2.25 bits per heavy atom. The molecule has 2 aromatic rings. The van der Waals surface area contributed by atoms with E-state index in [9.17, 15) is 4.79 Å². The third-order valence-corrected chi connectivity index (χ3v) is 2.18. The molecule has 0 aliphatic heterocycles. The molecule has 0 bridgehead atoms. The van der Waals surface area contributed by atoms with Crippen molar-refractivity contribution in [1.29, 1.82) is 0 Å². The molecule has 0 spiro atoms. The Labute approximate surface area is 91.7 Å². The quantitative estimate of drug-likeness (QED) is 0.794. The van der Waals surface area contributed by atoms with Crippen LogP contribution in [0.25, 0.3) is 11.5 Å². The fourth-order valence-corrected chi connectivity index (χ4v) is 1.22. The van der Waals surface area contributed by atoms with E-state index in [1.807, 2.05) is 0 Å². The van der Waals surface area contributed by atoms with Gasteiger partial charge in [0.05, 0.1) is 6.04 Å². The molecule has 84 valence electrons. The van der Waals surface area contributed by atoms with Crippen molar-refractivity contribution in [2.24, 2.45) is 12.8 Å².